The Balaban J connectivity index is 0.00000288. The number of halogens is 1. The molecule has 0 amide bonds. The summed E-state index contributed by atoms with van der Waals surface area (Å²) in [5.41, 5.74) is 0.911. The number of hydrogen-bond donors (Lipinski definition) is 2. The van der Waals surface area contributed by atoms with E-state index in [4.69, 9.17) is 14.2 Å². The van der Waals surface area contributed by atoms with E-state index in [0.29, 0.717) is 32.3 Å². The first kappa shape index (κ1) is 20.8. The highest BCUT2D eigenvalue weighted by Gasteiger charge is 2.11. The van der Waals surface area contributed by atoms with Crippen molar-refractivity contribution >= 4 is 35.6 Å². The van der Waals surface area contributed by atoms with Gasteiger partial charge in [-0.1, -0.05) is 13.3 Å². The van der Waals surface area contributed by atoms with Crippen molar-refractivity contribution in [3.63, 3.8) is 0 Å². The van der Waals surface area contributed by atoms with Crippen LogP contribution in [-0.2, 0) is 4.74 Å². The summed E-state index contributed by atoms with van der Waals surface area (Å²) in [6, 6.07) is 5.81. The van der Waals surface area contributed by atoms with Crippen molar-refractivity contribution in [1.82, 2.24) is 5.32 Å². The van der Waals surface area contributed by atoms with E-state index in [1.54, 1.807) is 7.05 Å². The SMILES string of the molecule is CCCCOCCNC(=NC)Nc1ccc2c(c1)OCCCO2.I. The lowest BCUT2D eigenvalue weighted by atomic mass is 10.3. The van der Waals surface area contributed by atoms with Crippen LogP contribution in [0.5, 0.6) is 11.5 Å². The topological polar surface area (TPSA) is 64.1 Å². The zero-order chi connectivity index (χ0) is 16.3. The highest BCUT2D eigenvalue weighted by atomic mass is 127. The number of aliphatic imine (C=N–C) groups is 1. The van der Waals surface area contributed by atoms with Crippen molar-refractivity contribution in [3.8, 4) is 11.5 Å². The lowest BCUT2D eigenvalue weighted by Gasteiger charge is -2.14. The predicted octanol–water partition coefficient (Wildman–Crippen LogP) is 3.27. The van der Waals surface area contributed by atoms with Crippen molar-refractivity contribution in [2.24, 2.45) is 4.99 Å². The van der Waals surface area contributed by atoms with Gasteiger partial charge in [-0.15, -0.1) is 24.0 Å². The Bertz CT molecular complexity index is 512. The molecule has 0 saturated carbocycles. The van der Waals surface area contributed by atoms with Crippen molar-refractivity contribution in [2.45, 2.75) is 26.2 Å². The number of anilines is 1. The summed E-state index contributed by atoms with van der Waals surface area (Å²) in [4.78, 5) is 4.21. The monoisotopic (exact) mass is 449 g/mol. The highest BCUT2D eigenvalue weighted by Crippen LogP contribution is 2.32. The lowest BCUT2D eigenvalue weighted by Crippen LogP contribution is -2.33. The van der Waals surface area contributed by atoms with Gasteiger partial charge in [0, 0.05) is 38.4 Å². The molecule has 24 heavy (non-hydrogen) atoms. The molecule has 2 N–H and O–H groups in total. The molecule has 0 bridgehead atoms. The molecule has 1 aliphatic rings. The van der Waals surface area contributed by atoms with Crippen LogP contribution in [0.1, 0.15) is 26.2 Å². The molecule has 136 valence electrons. The normalized spacial score (nSPS) is 13.7. The molecule has 0 aromatic heterocycles. The van der Waals surface area contributed by atoms with Crippen LogP contribution in [0.25, 0.3) is 0 Å². The number of unbranched alkanes of at least 4 members (excludes halogenated alkanes) is 1. The Morgan fingerprint density at radius 2 is 2.00 bits per heavy atom. The van der Waals surface area contributed by atoms with E-state index >= 15 is 0 Å². The minimum atomic E-state index is 0. The summed E-state index contributed by atoms with van der Waals surface area (Å²) in [5, 5.41) is 6.48. The van der Waals surface area contributed by atoms with Crippen molar-refractivity contribution in [3.05, 3.63) is 18.2 Å². The van der Waals surface area contributed by atoms with Gasteiger partial charge in [-0.2, -0.15) is 0 Å². The maximum absolute atomic E-state index is 5.70. The first-order valence-corrected chi connectivity index (χ1v) is 8.28. The molecular formula is C17H28IN3O3. The van der Waals surface area contributed by atoms with E-state index in [1.807, 2.05) is 18.2 Å². The van der Waals surface area contributed by atoms with Gasteiger partial charge in [0.2, 0.25) is 0 Å². The Kier molecular flexibility index (Phi) is 10.6. The summed E-state index contributed by atoms with van der Waals surface area (Å²) >= 11 is 0. The van der Waals surface area contributed by atoms with E-state index in [9.17, 15) is 0 Å². The third-order valence-electron chi connectivity index (χ3n) is 3.41. The van der Waals surface area contributed by atoms with Crippen LogP contribution in [0, 0.1) is 0 Å². The molecule has 0 saturated heterocycles. The smallest absolute Gasteiger partial charge is 0.195 e. The van der Waals surface area contributed by atoms with Crippen LogP contribution in [0.3, 0.4) is 0 Å². The molecule has 1 heterocycles. The lowest BCUT2D eigenvalue weighted by molar-refractivity contribution is 0.136. The molecule has 0 fully saturated rings. The summed E-state index contributed by atoms with van der Waals surface area (Å²) in [5.74, 6) is 2.27. The number of hydrogen-bond acceptors (Lipinski definition) is 4. The number of nitrogens with zero attached hydrogens (tertiary/aromatic N) is 1. The fourth-order valence-corrected chi connectivity index (χ4v) is 2.15. The quantitative estimate of drug-likeness (QED) is 0.290. The van der Waals surface area contributed by atoms with Crippen LogP contribution in [-0.4, -0.2) is 46.0 Å². The second-order valence-electron chi connectivity index (χ2n) is 5.30. The van der Waals surface area contributed by atoms with Gasteiger partial charge in [-0.05, 0) is 18.6 Å². The first-order chi connectivity index (χ1) is 11.3. The summed E-state index contributed by atoms with van der Waals surface area (Å²) in [6.45, 7) is 5.73. The van der Waals surface area contributed by atoms with Gasteiger partial charge in [-0.3, -0.25) is 4.99 Å². The second-order valence-corrected chi connectivity index (χ2v) is 5.30. The third-order valence-corrected chi connectivity index (χ3v) is 3.41. The van der Waals surface area contributed by atoms with E-state index in [0.717, 1.165) is 43.1 Å². The Morgan fingerprint density at radius 3 is 2.75 bits per heavy atom. The van der Waals surface area contributed by atoms with Crippen LogP contribution in [0.15, 0.2) is 23.2 Å². The molecule has 0 spiro atoms. The van der Waals surface area contributed by atoms with Crippen LogP contribution in [0.4, 0.5) is 5.69 Å². The number of guanidine groups is 1. The molecule has 7 heteroatoms. The van der Waals surface area contributed by atoms with Gasteiger partial charge in [0.15, 0.2) is 17.5 Å². The number of benzene rings is 1. The molecule has 1 aliphatic heterocycles. The number of rotatable bonds is 7. The highest BCUT2D eigenvalue weighted by molar-refractivity contribution is 14.0. The zero-order valence-corrected chi connectivity index (χ0v) is 16.8. The van der Waals surface area contributed by atoms with Gasteiger partial charge in [-0.25, -0.2) is 0 Å². The Morgan fingerprint density at radius 1 is 1.21 bits per heavy atom. The van der Waals surface area contributed by atoms with Gasteiger partial charge >= 0.3 is 0 Å². The summed E-state index contributed by atoms with van der Waals surface area (Å²) in [6.07, 6.45) is 3.16. The van der Waals surface area contributed by atoms with Crippen LogP contribution in [0.2, 0.25) is 0 Å². The minimum Gasteiger partial charge on any atom is -0.490 e. The Labute approximate surface area is 161 Å². The minimum absolute atomic E-state index is 0. The molecule has 0 radical (unpaired) electrons. The molecule has 1 aromatic carbocycles. The Hall–Kier alpha value is -1.22. The van der Waals surface area contributed by atoms with Gasteiger partial charge in [0.1, 0.15) is 0 Å². The van der Waals surface area contributed by atoms with E-state index in [1.165, 1.54) is 0 Å². The molecule has 0 atom stereocenters. The number of fused-ring (bicyclic) bond motifs is 1. The van der Waals surface area contributed by atoms with E-state index in [2.05, 4.69) is 22.5 Å². The average molecular weight is 449 g/mol. The zero-order valence-electron chi connectivity index (χ0n) is 14.5. The van der Waals surface area contributed by atoms with Crippen molar-refractivity contribution < 1.29 is 14.2 Å². The standard InChI is InChI=1S/C17H27N3O3.HI/c1-3-4-9-21-12-8-19-17(18-2)20-14-6-7-15-16(13-14)23-11-5-10-22-15;/h6-7,13H,3-5,8-12H2,1-2H3,(H2,18,19,20);1H. The fourth-order valence-electron chi connectivity index (χ4n) is 2.15. The number of ether oxygens (including phenoxy) is 3. The molecule has 0 unspecified atom stereocenters. The molecular weight excluding hydrogens is 421 g/mol. The van der Waals surface area contributed by atoms with Gasteiger partial charge in [0.05, 0.1) is 19.8 Å². The third kappa shape index (κ3) is 7.12. The molecule has 2 rings (SSSR count). The van der Waals surface area contributed by atoms with E-state index in [-0.39, 0.29) is 24.0 Å². The maximum Gasteiger partial charge on any atom is 0.195 e. The predicted molar refractivity (Wildman–Crippen MR) is 108 cm³/mol. The summed E-state index contributed by atoms with van der Waals surface area (Å²) in [7, 11) is 1.75. The molecule has 1 aromatic rings. The molecule has 0 aliphatic carbocycles. The average Bonchev–Trinajstić information content (AvgIpc) is 2.81. The fraction of sp³-hybridized carbons (Fsp3) is 0.588. The van der Waals surface area contributed by atoms with E-state index < -0.39 is 0 Å². The van der Waals surface area contributed by atoms with Crippen molar-refractivity contribution in [2.75, 3.05) is 45.3 Å². The second kappa shape index (κ2) is 12.2. The number of nitrogens with one attached hydrogen (secondary N) is 2. The largest absolute Gasteiger partial charge is 0.490 e. The maximum atomic E-state index is 5.70. The van der Waals surface area contributed by atoms with Gasteiger partial charge < -0.3 is 24.8 Å². The van der Waals surface area contributed by atoms with Gasteiger partial charge in [0.25, 0.3) is 0 Å². The van der Waals surface area contributed by atoms with Crippen LogP contribution >= 0.6 is 24.0 Å². The van der Waals surface area contributed by atoms with Crippen molar-refractivity contribution in [1.29, 1.82) is 0 Å². The molecule has 6 nitrogen and oxygen atoms in total. The van der Waals surface area contributed by atoms with Crippen LogP contribution < -0.4 is 20.1 Å². The summed E-state index contributed by atoms with van der Waals surface area (Å²) < 4.78 is 16.9. The first-order valence-electron chi connectivity index (χ1n) is 8.28.